The molecule has 1 aromatic carbocycles. The first kappa shape index (κ1) is 23.7. The third kappa shape index (κ3) is 7.65. The maximum absolute atomic E-state index is 12.9. The molecule has 1 rings (SSSR count). The summed E-state index contributed by atoms with van der Waals surface area (Å²) in [4.78, 5) is 14.0. The van der Waals surface area contributed by atoms with E-state index in [-0.39, 0.29) is 24.4 Å². The Kier molecular flexibility index (Phi) is 10.8. The Morgan fingerprint density at radius 3 is 2.40 bits per heavy atom. The van der Waals surface area contributed by atoms with Crippen LogP contribution < -0.4 is 5.73 Å². The second kappa shape index (κ2) is 11.4. The molecule has 7 heteroatoms. The normalized spacial score (nSPS) is 12.4. The zero-order valence-corrected chi connectivity index (χ0v) is 15.6. The number of carbonyl (C=O) groups is 1. The minimum Gasteiger partial charge on any atom is -0.336 e. The highest BCUT2D eigenvalue weighted by Gasteiger charge is 2.31. The van der Waals surface area contributed by atoms with Gasteiger partial charge in [0.15, 0.2) is 0 Å². The van der Waals surface area contributed by atoms with Gasteiger partial charge >= 0.3 is 6.18 Å². The standard InChI is InChI=1S/C18H27F3N2O.ClH/c1-3-23(17(24)11-6-4-5-7-12-22)14(2)15-9-8-10-16(13-15)18(19,20)21;/h8-10,13-14H,3-7,11-12,22H2,1-2H3;1H. The van der Waals surface area contributed by atoms with Crippen LogP contribution in [0.25, 0.3) is 0 Å². The molecule has 0 radical (unpaired) electrons. The van der Waals surface area contributed by atoms with Crippen molar-refractivity contribution < 1.29 is 18.0 Å². The van der Waals surface area contributed by atoms with Crippen LogP contribution in [0.5, 0.6) is 0 Å². The molecule has 0 aliphatic rings. The van der Waals surface area contributed by atoms with E-state index in [1.807, 2.05) is 6.92 Å². The maximum Gasteiger partial charge on any atom is 0.416 e. The van der Waals surface area contributed by atoms with Crippen molar-refractivity contribution in [2.75, 3.05) is 13.1 Å². The largest absolute Gasteiger partial charge is 0.416 e. The van der Waals surface area contributed by atoms with E-state index in [4.69, 9.17) is 5.73 Å². The monoisotopic (exact) mass is 380 g/mol. The molecule has 1 atom stereocenters. The molecule has 0 fully saturated rings. The summed E-state index contributed by atoms with van der Waals surface area (Å²) in [5, 5.41) is 0. The number of carbonyl (C=O) groups excluding carboxylic acids is 1. The zero-order valence-electron chi connectivity index (χ0n) is 14.8. The van der Waals surface area contributed by atoms with Gasteiger partial charge in [-0.1, -0.05) is 25.0 Å². The highest BCUT2D eigenvalue weighted by Crippen LogP contribution is 2.32. The zero-order chi connectivity index (χ0) is 18.2. The first-order chi connectivity index (χ1) is 11.3. The Morgan fingerprint density at radius 1 is 1.20 bits per heavy atom. The lowest BCUT2D eigenvalue weighted by atomic mass is 10.0. The second-order valence-corrected chi connectivity index (χ2v) is 5.93. The number of alkyl halides is 3. The summed E-state index contributed by atoms with van der Waals surface area (Å²) in [7, 11) is 0. The van der Waals surface area contributed by atoms with E-state index in [9.17, 15) is 18.0 Å². The summed E-state index contributed by atoms with van der Waals surface area (Å²) in [5.41, 5.74) is 5.25. The van der Waals surface area contributed by atoms with Crippen molar-refractivity contribution in [3.8, 4) is 0 Å². The smallest absolute Gasteiger partial charge is 0.336 e. The summed E-state index contributed by atoms with van der Waals surface area (Å²) in [6.45, 7) is 4.74. The van der Waals surface area contributed by atoms with Gasteiger partial charge in [-0.2, -0.15) is 13.2 Å². The molecule has 0 saturated heterocycles. The summed E-state index contributed by atoms with van der Waals surface area (Å²) >= 11 is 0. The van der Waals surface area contributed by atoms with Crippen molar-refractivity contribution >= 4 is 18.3 Å². The minimum atomic E-state index is -4.38. The molecule has 1 aromatic rings. The number of nitrogens with two attached hydrogens (primary N) is 1. The predicted octanol–water partition coefficient (Wildman–Crippen LogP) is 4.95. The van der Waals surface area contributed by atoms with E-state index in [0.717, 1.165) is 37.8 Å². The highest BCUT2D eigenvalue weighted by atomic mass is 35.5. The lowest BCUT2D eigenvalue weighted by molar-refractivity contribution is -0.137. The average molecular weight is 381 g/mol. The van der Waals surface area contributed by atoms with E-state index in [2.05, 4.69) is 0 Å². The van der Waals surface area contributed by atoms with Gasteiger partial charge in [-0.25, -0.2) is 0 Å². The van der Waals surface area contributed by atoms with Crippen LogP contribution in [0.1, 0.15) is 63.1 Å². The van der Waals surface area contributed by atoms with Crippen molar-refractivity contribution in [1.29, 1.82) is 0 Å². The van der Waals surface area contributed by atoms with Crippen LogP contribution in [0.3, 0.4) is 0 Å². The number of unbranched alkanes of at least 4 members (excludes halogenated alkanes) is 3. The molecular formula is C18H28ClF3N2O. The van der Waals surface area contributed by atoms with Gasteiger partial charge in [0, 0.05) is 13.0 Å². The van der Waals surface area contributed by atoms with Crippen LogP contribution in [0.4, 0.5) is 13.2 Å². The maximum atomic E-state index is 12.9. The van der Waals surface area contributed by atoms with E-state index in [0.29, 0.717) is 25.1 Å². The van der Waals surface area contributed by atoms with Crippen molar-refractivity contribution in [3.63, 3.8) is 0 Å². The fourth-order valence-corrected chi connectivity index (χ4v) is 2.74. The number of benzene rings is 1. The molecule has 0 bridgehead atoms. The predicted molar refractivity (Wildman–Crippen MR) is 96.6 cm³/mol. The van der Waals surface area contributed by atoms with E-state index >= 15 is 0 Å². The van der Waals surface area contributed by atoms with Gasteiger partial charge in [0.05, 0.1) is 11.6 Å². The Balaban J connectivity index is 0.00000576. The number of hydrogen-bond acceptors (Lipinski definition) is 2. The molecule has 0 saturated carbocycles. The van der Waals surface area contributed by atoms with Gasteiger partial charge in [-0.15, -0.1) is 12.4 Å². The number of amides is 1. The van der Waals surface area contributed by atoms with Gasteiger partial charge in [0.25, 0.3) is 0 Å². The van der Waals surface area contributed by atoms with Gasteiger partial charge in [-0.3, -0.25) is 4.79 Å². The lowest BCUT2D eigenvalue weighted by Gasteiger charge is -2.29. The van der Waals surface area contributed by atoms with Gasteiger partial charge < -0.3 is 10.6 Å². The average Bonchev–Trinajstić information content (AvgIpc) is 2.54. The fourth-order valence-electron chi connectivity index (χ4n) is 2.74. The highest BCUT2D eigenvalue weighted by molar-refractivity contribution is 5.85. The van der Waals surface area contributed by atoms with E-state index in [1.54, 1.807) is 17.9 Å². The molecule has 0 aliphatic heterocycles. The number of rotatable bonds is 9. The number of halogens is 4. The molecule has 3 nitrogen and oxygen atoms in total. The Bertz CT molecular complexity index is 523. The topological polar surface area (TPSA) is 46.3 Å². The molecule has 2 N–H and O–H groups in total. The van der Waals surface area contributed by atoms with Crippen LogP contribution in [0.2, 0.25) is 0 Å². The van der Waals surface area contributed by atoms with Crippen molar-refractivity contribution in [3.05, 3.63) is 35.4 Å². The molecule has 1 amide bonds. The number of hydrogen-bond donors (Lipinski definition) is 1. The molecule has 0 spiro atoms. The first-order valence-electron chi connectivity index (χ1n) is 8.48. The van der Waals surface area contributed by atoms with Crippen molar-refractivity contribution in [1.82, 2.24) is 4.90 Å². The molecule has 0 heterocycles. The summed E-state index contributed by atoms with van der Waals surface area (Å²) in [5.74, 6) is -0.0184. The van der Waals surface area contributed by atoms with Crippen LogP contribution in [-0.4, -0.2) is 23.9 Å². The van der Waals surface area contributed by atoms with Crippen molar-refractivity contribution in [2.45, 2.75) is 58.2 Å². The lowest BCUT2D eigenvalue weighted by Crippen LogP contribution is -2.33. The third-order valence-electron chi connectivity index (χ3n) is 4.17. The summed E-state index contributed by atoms with van der Waals surface area (Å²) < 4.78 is 38.6. The van der Waals surface area contributed by atoms with Gasteiger partial charge in [0.1, 0.15) is 0 Å². The summed E-state index contributed by atoms with van der Waals surface area (Å²) in [6.07, 6.45) is -0.282. The van der Waals surface area contributed by atoms with E-state index in [1.165, 1.54) is 6.07 Å². The second-order valence-electron chi connectivity index (χ2n) is 5.93. The minimum absolute atomic E-state index is 0. The van der Waals surface area contributed by atoms with Crippen LogP contribution in [0.15, 0.2) is 24.3 Å². The Morgan fingerprint density at radius 2 is 1.84 bits per heavy atom. The van der Waals surface area contributed by atoms with Crippen molar-refractivity contribution in [2.24, 2.45) is 5.73 Å². The Hall–Kier alpha value is -1.27. The Labute approximate surface area is 154 Å². The van der Waals surface area contributed by atoms with Gasteiger partial charge in [-0.05, 0) is 50.9 Å². The fraction of sp³-hybridized carbons (Fsp3) is 0.611. The molecule has 25 heavy (non-hydrogen) atoms. The molecular weight excluding hydrogens is 353 g/mol. The quantitative estimate of drug-likeness (QED) is 0.616. The van der Waals surface area contributed by atoms with E-state index < -0.39 is 11.7 Å². The van der Waals surface area contributed by atoms with Crippen LogP contribution >= 0.6 is 12.4 Å². The SMILES string of the molecule is CCN(C(=O)CCCCCCN)C(C)c1cccc(C(F)(F)F)c1.Cl. The first-order valence-corrected chi connectivity index (χ1v) is 8.48. The van der Waals surface area contributed by atoms with Gasteiger partial charge in [0.2, 0.25) is 5.91 Å². The molecule has 1 unspecified atom stereocenters. The summed E-state index contributed by atoms with van der Waals surface area (Å²) in [6, 6.07) is 4.82. The van der Waals surface area contributed by atoms with Crippen LogP contribution in [-0.2, 0) is 11.0 Å². The number of nitrogens with zero attached hydrogens (tertiary/aromatic N) is 1. The molecule has 0 aliphatic carbocycles. The molecule has 0 aromatic heterocycles. The third-order valence-corrected chi connectivity index (χ3v) is 4.17. The molecule has 144 valence electrons. The van der Waals surface area contributed by atoms with Crippen LogP contribution in [0, 0.1) is 0 Å².